The smallest absolute Gasteiger partial charge is 0.0306 e. The van der Waals surface area contributed by atoms with E-state index in [9.17, 15) is 0 Å². The molecule has 3 N–H and O–H groups in total. The van der Waals surface area contributed by atoms with Crippen molar-refractivity contribution in [2.75, 3.05) is 13.1 Å². The molecule has 12 heavy (non-hydrogen) atoms. The molecule has 70 valence electrons. The van der Waals surface area contributed by atoms with Crippen molar-refractivity contribution >= 4 is 0 Å². The molecule has 0 aliphatic heterocycles. The zero-order valence-corrected chi connectivity index (χ0v) is 8.03. The van der Waals surface area contributed by atoms with Crippen molar-refractivity contribution in [3.05, 3.63) is 12.2 Å². The van der Waals surface area contributed by atoms with Crippen LogP contribution in [0.25, 0.3) is 0 Å². The third-order valence-electron chi connectivity index (χ3n) is 2.72. The van der Waals surface area contributed by atoms with E-state index in [1.807, 2.05) is 6.92 Å². The fourth-order valence-electron chi connectivity index (χ4n) is 1.84. The van der Waals surface area contributed by atoms with Crippen molar-refractivity contribution in [2.24, 2.45) is 5.73 Å². The molecule has 0 aromatic carbocycles. The largest absolute Gasteiger partial charge is 0.329 e. The second-order valence-electron chi connectivity index (χ2n) is 4.00. The molecule has 1 aliphatic carbocycles. The van der Waals surface area contributed by atoms with E-state index in [4.69, 9.17) is 5.73 Å². The van der Waals surface area contributed by atoms with Crippen molar-refractivity contribution in [2.45, 2.75) is 38.1 Å². The Morgan fingerprint density at radius 2 is 2.08 bits per heavy atom. The van der Waals surface area contributed by atoms with Crippen LogP contribution in [0, 0.1) is 0 Å². The summed E-state index contributed by atoms with van der Waals surface area (Å²) in [5.41, 5.74) is 7.19. The highest BCUT2D eigenvalue weighted by Gasteiger charge is 2.31. The van der Waals surface area contributed by atoms with Gasteiger partial charge in [0.2, 0.25) is 0 Å². The molecular weight excluding hydrogens is 148 g/mol. The number of hydrogen-bond acceptors (Lipinski definition) is 2. The summed E-state index contributed by atoms with van der Waals surface area (Å²) in [6.07, 6.45) is 5.11. The molecule has 0 atom stereocenters. The number of nitrogens with one attached hydrogen (secondary N) is 1. The van der Waals surface area contributed by atoms with Crippen LogP contribution < -0.4 is 11.1 Å². The van der Waals surface area contributed by atoms with Gasteiger partial charge in [-0.15, -0.1) is 0 Å². The van der Waals surface area contributed by atoms with Crippen LogP contribution in [0.1, 0.15) is 32.6 Å². The molecule has 0 aromatic rings. The molecule has 2 nitrogen and oxygen atoms in total. The Labute approximate surface area is 75.2 Å². The van der Waals surface area contributed by atoms with Gasteiger partial charge in [-0.2, -0.15) is 0 Å². The summed E-state index contributed by atoms with van der Waals surface area (Å²) in [6.45, 7) is 7.60. The van der Waals surface area contributed by atoms with E-state index in [1.165, 1.54) is 31.3 Å². The predicted molar refractivity (Wildman–Crippen MR) is 53.1 cm³/mol. The van der Waals surface area contributed by atoms with E-state index in [1.54, 1.807) is 0 Å². The Balaban J connectivity index is 2.39. The molecule has 1 aliphatic rings. The molecule has 2 heteroatoms. The molecule has 1 saturated carbocycles. The average Bonchev–Trinajstić information content (AvgIpc) is 2.50. The summed E-state index contributed by atoms with van der Waals surface area (Å²) < 4.78 is 0. The van der Waals surface area contributed by atoms with Crippen molar-refractivity contribution in [3.8, 4) is 0 Å². The van der Waals surface area contributed by atoms with Gasteiger partial charge >= 0.3 is 0 Å². The third kappa shape index (κ3) is 2.32. The van der Waals surface area contributed by atoms with Gasteiger partial charge in [-0.3, -0.25) is 0 Å². The van der Waals surface area contributed by atoms with E-state index in [2.05, 4.69) is 11.9 Å². The summed E-state index contributed by atoms with van der Waals surface area (Å²) in [7, 11) is 0. The highest BCUT2D eigenvalue weighted by Crippen LogP contribution is 2.28. The SMILES string of the molecule is C=C(C)CNC1(CN)CCCC1. The first-order chi connectivity index (χ1) is 5.68. The minimum atomic E-state index is 0.235. The first-order valence-electron chi connectivity index (χ1n) is 4.78. The fourth-order valence-corrected chi connectivity index (χ4v) is 1.84. The maximum atomic E-state index is 5.76. The van der Waals surface area contributed by atoms with E-state index in [0.29, 0.717) is 0 Å². The first-order valence-corrected chi connectivity index (χ1v) is 4.78. The molecule has 1 fully saturated rings. The fraction of sp³-hybridized carbons (Fsp3) is 0.800. The molecule has 1 rings (SSSR count). The summed E-state index contributed by atoms with van der Waals surface area (Å²) in [5.74, 6) is 0. The highest BCUT2D eigenvalue weighted by atomic mass is 15.0. The molecule has 0 saturated heterocycles. The molecular formula is C10H20N2. The van der Waals surface area contributed by atoms with Gasteiger partial charge in [-0.05, 0) is 19.8 Å². The highest BCUT2D eigenvalue weighted by molar-refractivity contribution is 4.99. The van der Waals surface area contributed by atoms with Gasteiger partial charge in [0.25, 0.3) is 0 Å². The van der Waals surface area contributed by atoms with Gasteiger partial charge in [-0.1, -0.05) is 25.0 Å². The standard InChI is InChI=1S/C10H20N2/c1-9(2)7-12-10(8-11)5-3-4-6-10/h12H,1,3-8,11H2,2H3. The Hall–Kier alpha value is -0.340. The number of rotatable bonds is 4. The van der Waals surface area contributed by atoms with Crippen LogP contribution in [0.15, 0.2) is 12.2 Å². The van der Waals surface area contributed by atoms with Crippen LogP contribution in [0.4, 0.5) is 0 Å². The van der Waals surface area contributed by atoms with Crippen LogP contribution in [0.2, 0.25) is 0 Å². The minimum Gasteiger partial charge on any atom is -0.329 e. The molecule has 0 aromatic heterocycles. The molecule has 0 bridgehead atoms. The lowest BCUT2D eigenvalue weighted by Crippen LogP contribution is -2.49. The number of nitrogens with two attached hydrogens (primary N) is 1. The van der Waals surface area contributed by atoms with Crippen LogP contribution in [0.3, 0.4) is 0 Å². The summed E-state index contributed by atoms with van der Waals surface area (Å²) >= 11 is 0. The Bertz CT molecular complexity index is 157. The maximum absolute atomic E-state index is 5.76. The minimum absolute atomic E-state index is 0.235. The zero-order chi connectivity index (χ0) is 9.03. The lowest BCUT2D eigenvalue weighted by Gasteiger charge is -2.28. The average molecular weight is 168 g/mol. The summed E-state index contributed by atoms with van der Waals surface area (Å²) in [4.78, 5) is 0. The van der Waals surface area contributed by atoms with Crippen molar-refractivity contribution in [3.63, 3.8) is 0 Å². The van der Waals surface area contributed by atoms with E-state index in [-0.39, 0.29) is 5.54 Å². The maximum Gasteiger partial charge on any atom is 0.0306 e. The Morgan fingerprint density at radius 1 is 1.50 bits per heavy atom. The second-order valence-corrected chi connectivity index (χ2v) is 4.00. The van der Waals surface area contributed by atoms with Crippen molar-refractivity contribution in [1.29, 1.82) is 0 Å². The second kappa shape index (κ2) is 4.06. The van der Waals surface area contributed by atoms with Crippen molar-refractivity contribution in [1.82, 2.24) is 5.32 Å². The monoisotopic (exact) mass is 168 g/mol. The lowest BCUT2D eigenvalue weighted by atomic mass is 9.97. The predicted octanol–water partition coefficient (Wildman–Crippen LogP) is 1.42. The van der Waals surface area contributed by atoms with Crippen LogP contribution >= 0.6 is 0 Å². The van der Waals surface area contributed by atoms with Gasteiger partial charge < -0.3 is 11.1 Å². The van der Waals surface area contributed by atoms with Gasteiger partial charge in [0.15, 0.2) is 0 Å². The van der Waals surface area contributed by atoms with Crippen molar-refractivity contribution < 1.29 is 0 Å². The zero-order valence-electron chi connectivity index (χ0n) is 8.03. The van der Waals surface area contributed by atoms with Gasteiger partial charge in [0, 0.05) is 18.6 Å². The van der Waals surface area contributed by atoms with Crippen LogP contribution in [-0.4, -0.2) is 18.6 Å². The van der Waals surface area contributed by atoms with Crippen LogP contribution in [-0.2, 0) is 0 Å². The third-order valence-corrected chi connectivity index (χ3v) is 2.72. The molecule has 0 heterocycles. The molecule has 0 spiro atoms. The van der Waals surface area contributed by atoms with E-state index in [0.717, 1.165) is 13.1 Å². The molecule has 0 radical (unpaired) electrons. The van der Waals surface area contributed by atoms with E-state index >= 15 is 0 Å². The quantitative estimate of drug-likeness (QED) is 0.623. The number of hydrogen-bond donors (Lipinski definition) is 2. The Morgan fingerprint density at radius 3 is 2.50 bits per heavy atom. The first kappa shape index (κ1) is 9.75. The Kier molecular flexibility index (Phi) is 3.29. The van der Waals surface area contributed by atoms with E-state index < -0.39 is 0 Å². The van der Waals surface area contributed by atoms with Gasteiger partial charge in [-0.25, -0.2) is 0 Å². The lowest BCUT2D eigenvalue weighted by molar-refractivity contribution is 0.353. The molecule has 0 amide bonds. The summed E-state index contributed by atoms with van der Waals surface area (Å²) in [5, 5.41) is 3.52. The topological polar surface area (TPSA) is 38.0 Å². The molecule has 0 unspecified atom stereocenters. The summed E-state index contributed by atoms with van der Waals surface area (Å²) in [6, 6.07) is 0. The van der Waals surface area contributed by atoms with Crippen LogP contribution in [0.5, 0.6) is 0 Å². The van der Waals surface area contributed by atoms with Gasteiger partial charge in [0.05, 0.1) is 0 Å². The normalized spacial score (nSPS) is 21.2. The van der Waals surface area contributed by atoms with Gasteiger partial charge in [0.1, 0.15) is 0 Å².